The molecule has 4 N–H and O–H groups in total. The monoisotopic (exact) mass is 546 g/mol. The second kappa shape index (κ2) is 10.7. The number of fused-ring (bicyclic) bond motifs is 2. The van der Waals surface area contributed by atoms with Gasteiger partial charge in [-0.15, -0.1) is 0 Å². The largest absolute Gasteiger partial charge is 0.397 e. The second-order valence-electron chi connectivity index (χ2n) is 9.02. The maximum Gasteiger partial charge on any atom is 0.248 e. The molecule has 2 aliphatic rings. The van der Waals surface area contributed by atoms with Gasteiger partial charge in [0.15, 0.2) is 0 Å². The average molecular weight is 547 g/mol. The van der Waals surface area contributed by atoms with Crippen molar-refractivity contribution in [2.45, 2.75) is 24.6 Å². The molecule has 2 saturated heterocycles. The summed E-state index contributed by atoms with van der Waals surface area (Å²) in [5, 5.41) is 5.85. The molecule has 184 valence electrons. The Balaban J connectivity index is 1.31. The number of likely N-dealkylation sites (tertiary alicyclic amines) is 1. The fourth-order valence-corrected chi connectivity index (χ4v) is 4.99. The lowest BCUT2D eigenvalue weighted by Crippen LogP contribution is -2.44. The number of halogens is 1. The minimum absolute atomic E-state index is 0.0759. The number of para-hydroxylation sites is 2. The Kier molecular flexibility index (Phi) is 7.18. The molecule has 2 amide bonds. The van der Waals surface area contributed by atoms with Crippen LogP contribution in [0.4, 0.5) is 17.1 Å². The Hall–Kier alpha value is -3.46. The van der Waals surface area contributed by atoms with E-state index in [-0.39, 0.29) is 24.0 Å². The van der Waals surface area contributed by atoms with Gasteiger partial charge in [0.1, 0.15) is 6.04 Å². The number of benzene rings is 3. The van der Waals surface area contributed by atoms with Gasteiger partial charge in [-0.1, -0.05) is 52.3 Å². The van der Waals surface area contributed by atoms with Gasteiger partial charge in [0.25, 0.3) is 0 Å². The zero-order chi connectivity index (χ0) is 25.1. The van der Waals surface area contributed by atoms with Crippen LogP contribution in [0.3, 0.4) is 0 Å². The molecule has 2 aliphatic heterocycles. The molecule has 0 spiro atoms. The van der Waals surface area contributed by atoms with Gasteiger partial charge in [-0.05, 0) is 60.0 Å². The molecule has 3 aromatic carbocycles. The summed E-state index contributed by atoms with van der Waals surface area (Å²) in [5.74, 6) is -0.343. The van der Waals surface area contributed by atoms with Gasteiger partial charge < -0.3 is 21.1 Å². The van der Waals surface area contributed by atoms with E-state index in [1.807, 2.05) is 60.7 Å². The van der Waals surface area contributed by atoms with Crippen molar-refractivity contribution in [2.24, 2.45) is 0 Å². The molecule has 3 aromatic rings. The van der Waals surface area contributed by atoms with E-state index in [1.54, 1.807) is 18.2 Å². The van der Waals surface area contributed by atoms with Crippen LogP contribution >= 0.6 is 15.9 Å². The third-order valence-corrected chi connectivity index (χ3v) is 7.06. The number of nitrogen functional groups attached to an aromatic ring is 1. The molecule has 0 radical (unpaired) electrons. The zero-order valence-corrected chi connectivity index (χ0v) is 21.1. The average Bonchev–Trinajstić information content (AvgIpc) is 3.50. The molecule has 2 fully saturated rings. The standard InChI is InChI=1S/C28H27BrN4O3/c29-20-10-12-21(13-11-20)31-28(35)27(33-16-23-15-22(33)17-36-23)19-8-5-18(6-9-19)7-14-26(34)32-25-4-2-1-3-24(25)30/h1-14,22-23,27H,15-17,30H2,(H,31,35)(H,32,34)/b14-7+/t22-,23?,27-/m0/s1. The van der Waals surface area contributed by atoms with Gasteiger partial charge in [0, 0.05) is 28.8 Å². The topological polar surface area (TPSA) is 96.7 Å². The van der Waals surface area contributed by atoms with Gasteiger partial charge >= 0.3 is 0 Å². The van der Waals surface area contributed by atoms with Crippen molar-refractivity contribution >= 4 is 50.9 Å². The molecule has 36 heavy (non-hydrogen) atoms. The first-order valence-corrected chi connectivity index (χ1v) is 12.6. The van der Waals surface area contributed by atoms with Crippen LogP contribution < -0.4 is 16.4 Å². The van der Waals surface area contributed by atoms with Gasteiger partial charge in [0.2, 0.25) is 11.8 Å². The predicted molar refractivity (Wildman–Crippen MR) is 145 cm³/mol. The number of carbonyl (C=O) groups excluding carboxylic acids is 2. The number of hydrogen-bond donors (Lipinski definition) is 3. The number of ether oxygens (including phenoxy) is 1. The lowest BCUT2D eigenvalue weighted by molar-refractivity contribution is -0.123. The number of nitrogens with zero attached hydrogens (tertiary/aromatic N) is 1. The van der Waals surface area contributed by atoms with Crippen LogP contribution in [0, 0.1) is 0 Å². The highest BCUT2D eigenvalue weighted by molar-refractivity contribution is 9.10. The summed E-state index contributed by atoms with van der Waals surface area (Å²) in [6.45, 7) is 1.38. The van der Waals surface area contributed by atoms with E-state index in [1.165, 1.54) is 6.08 Å². The molecule has 0 aromatic heterocycles. The van der Waals surface area contributed by atoms with Gasteiger partial charge in [-0.3, -0.25) is 14.5 Å². The minimum Gasteiger partial charge on any atom is -0.397 e. The van der Waals surface area contributed by atoms with E-state index in [2.05, 4.69) is 31.5 Å². The number of hydrogen-bond acceptors (Lipinski definition) is 5. The summed E-state index contributed by atoms with van der Waals surface area (Å²) in [5.41, 5.74) is 9.48. The van der Waals surface area contributed by atoms with Gasteiger partial charge in [-0.2, -0.15) is 0 Å². The molecule has 2 bridgehead atoms. The summed E-state index contributed by atoms with van der Waals surface area (Å²) in [6, 6.07) is 22.2. The number of nitrogens with one attached hydrogen (secondary N) is 2. The SMILES string of the molecule is Nc1ccccc1NC(=O)/C=C/c1ccc([C@@H](C(=O)Nc2ccc(Br)cc2)N2CC3C[C@H]2CO3)cc1. The first kappa shape index (κ1) is 24.2. The quantitative estimate of drug-likeness (QED) is 0.291. The third kappa shape index (κ3) is 5.51. The maximum atomic E-state index is 13.5. The Bertz CT molecular complexity index is 1280. The molecule has 1 unspecified atom stereocenters. The first-order chi connectivity index (χ1) is 17.5. The van der Waals surface area contributed by atoms with Crippen LogP contribution in [0.15, 0.2) is 83.3 Å². The van der Waals surface area contributed by atoms with Crippen molar-refractivity contribution in [3.63, 3.8) is 0 Å². The second-order valence-corrected chi connectivity index (χ2v) is 9.93. The summed E-state index contributed by atoms with van der Waals surface area (Å²) >= 11 is 3.43. The summed E-state index contributed by atoms with van der Waals surface area (Å²) in [6.07, 6.45) is 4.33. The smallest absolute Gasteiger partial charge is 0.248 e. The molecule has 3 atom stereocenters. The maximum absolute atomic E-state index is 13.5. The Morgan fingerprint density at radius 3 is 2.44 bits per heavy atom. The van der Waals surface area contributed by atoms with E-state index in [0.29, 0.717) is 18.0 Å². The molecular weight excluding hydrogens is 520 g/mol. The highest BCUT2D eigenvalue weighted by Crippen LogP contribution is 2.36. The number of nitrogens with two attached hydrogens (primary N) is 1. The van der Waals surface area contributed by atoms with Crippen LogP contribution in [0.1, 0.15) is 23.6 Å². The van der Waals surface area contributed by atoms with E-state index in [0.717, 1.165) is 34.3 Å². The van der Waals surface area contributed by atoms with Crippen LogP contribution in [-0.2, 0) is 14.3 Å². The van der Waals surface area contributed by atoms with E-state index in [9.17, 15) is 9.59 Å². The van der Waals surface area contributed by atoms with Crippen molar-refractivity contribution in [2.75, 3.05) is 29.5 Å². The number of rotatable bonds is 7. The summed E-state index contributed by atoms with van der Waals surface area (Å²) < 4.78 is 6.72. The highest BCUT2D eigenvalue weighted by atomic mass is 79.9. The third-order valence-electron chi connectivity index (χ3n) is 6.53. The van der Waals surface area contributed by atoms with Gasteiger partial charge in [-0.25, -0.2) is 0 Å². The molecule has 5 rings (SSSR count). The van der Waals surface area contributed by atoms with E-state index < -0.39 is 6.04 Å². The first-order valence-electron chi connectivity index (χ1n) is 11.8. The summed E-state index contributed by atoms with van der Waals surface area (Å²) in [7, 11) is 0. The van der Waals surface area contributed by atoms with Crippen molar-refractivity contribution in [3.05, 3.63) is 94.5 Å². The number of carbonyl (C=O) groups is 2. The molecule has 7 nitrogen and oxygen atoms in total. The molecule has 0 saturated carbocycles. The lowest BCUT2D eigenvalue weighted by atomic mass is 10.0. The molecule has 8 heteroatoms. The highest BCUT2D eigenvalue weighted by Gasteiger charge is 2.44. The Morgan fingerprint density at radius 1 is 1.03 bits per heavy atom. The fraction of sp³-hybridized carbons (Fsp3) is 0.214. The zero-order valence-electron chi connectivity index (χ0n) is 19.6. The van der Waals surface area contributed by atoms with Crippen molar-refractivity contribution in [1.82, 2.24) is 4.90 Å². The van der Waals surface area contributed by atoms with E-state index >= 15 is 0 Å². The number of amides is 2. The fourth-order valence-electron chi connectivity index (χ4n) is 4.73. The van der Waals surface area contributed by atoms with E-state index in [4.69, 9.17) is 10.5 Å². The Morgan fingerprint density at radius 2 is 1.78 bits per heavy atom. The molecular formula is C28H27BrN4O3. The van der Waals surface area contributed by atoms with Crippen LogP contribution in [0.5, 0.6) is 0 Å². The van der Waals surface area contributed by atoms with Crippen molar-refractivity contribution in [3.8, 4) is 0 Å². The van der Waals surface area contributed by atoms with Gasteiger partial charge in [0.05, 0.1) is 24.1 Å². The van der Waals surface area contributed by atoms with Crippen molar-refractivity contribution < 1.29 is 14.3 Å². The number of anilines is 3. The lowest BCUT2D eigenvalue weighted by Gasteiger charge is -2.34. The predicted octanol–water partition coefficient (Wildman–Crippen LogP) is 4.84. The minimum atomic E-state index is -0.435. The molecule has 0 aliphatic carbocycles. The normalized spacial score (nSPS) is 19.9. The van der Waals surface area contributed by atoms with Crippen LogP contribution in [0.2, 0.25) is 0 Å². The molecule has 2 heterocycles. The van der Waals surface area contributed by atoms with Crippen molar-refractivity contribution in [1.29, 1.82) is 0 Å². The Labute approximate surface area is 218 Å². The summed E-state index contributed by atoms with van der Waals surface area (Å²) in [4.78, 5) is 28.0. The number of morpholine rings is 1. The van der Waals surface area contributed by atoms with Crippen LogP contribution in [0.25, 0.3) is 6.08 Å². The van der Waals surface area contributed by atoms with Crippen LogP contribution in [-0.4, -0.2) is 42.0 Å².